The van der Waals surface area contributed by atoms with Crippen LogP contribution in [0.4, 0.5) is 0 Å². The smallest absolute Gasteiger partial charge is 0.225 e. The molecule has 1 atom stereocenters. The third kappa shape index (κ3) is 4.05. The molecule has 7 nitrogen and oxygen atoms in total. The second-order valence-corrected chi connectivity index (χ2v) is 9.03. The molecule has 0 aliphatic rings. The summed E-state index contributed by atoms with van der Waals surface area (Å²) in [5.41, 5.74) is 0.677. The summed E-state index contributed by atoms with van der Waals surface area (Å²) >= 11 is 0. The van der Waals surface area contributed by atoms with Crippen molar-refractivity contribution in [1.82, 2.24) is 8.61 Å². The van der Waals surface area contributed by atoms with Crippen LogP contribution in [0.15, 0.2) is 29.2 Å². The lowest BCUT2D eigenvalue weighted by Crippen LogP contribution is -2.43. The molecule has 1 rings (SSSR count). The molecule has 0 bridgehead atoms. The van der Waals surface area contributed by atoms with Crippen LogP contribution in [0.25, 0.3) is 0 Å². The molecule has 0 radical (unpaired) electrons. The molecule has 0 saturated heterocycles. The molecule has 0 aromatic heterocycles. The summed E-state index contributed by atoms with van der Waals surface area (Å²) in [6.45, 7) is 5.31. The summed E-state index contributed by atoms with van der Waals surface area (Å²) < 4.78 is 49.9. The lowest BCUT2D eigenvalue weighted by molar-refractivity contribution is 0.327. The predicted octanol–water partition coefficient (Wildman–Crippen LogP) is 0.912. The molecular formula is C13H23N3O4S2. The van der Waals surface area contributed by atoms with Crippen molar-refractivity contribution in [3.05, 3.63) is 29.8 Å². The fraction of sp³-hybridized carbons (Fsp3) is 0.538. The maximum atomic E-state index is 12.4. The molecule has 1 unspecified atom stereocenters. The minimum atomic E-state index is -3.76. The van der Waals surface area contributed by atoms with Gasteiger partial charge in [0.2, 0.25) is 10.0 Å². The number of primary sulfonamides is 1. The molecule has 0 spiro atoms. The normalized spacial score (nSPS) is 14.8. The van der Waals surface area contributed by atoms with Crippen LogP contribution in [0, 0.1) is 0 Å². The fourth-order valence-corrected chi connectivity index (χ4v) is 3.79. The van der Waals surface area contributed by atoms with Gasteiger partial charge in [-0.3, -0.25) is 0 Å². The van der Waals surface area contributed by atoms with Gasteiger partial charge in [0.1, 0.15) is 0 Å². The monoisotopic (exact) mass is 349 g/mol. The Morgan fingerprint density at radius 1 is 0.909 bits per heavy atom. The van der Waals surface area contributed by atoms with Crippen LogP contribution in [-0.2, 0) is 20.2 Å². The molecule has 1 aromatic rings. The Hall–Kier alpha value is -1.00. The van der Waals surface area contributed by atoms with Gasteiger partial charge in [-0.05, 0) is 38.5 Å². The highest BCUT2D eigenvalue weighted by molar-refractivity contribution is 7.89. The highest BCUT2D eigenvalue weighted by atomic mass is 32.2. The van der Waals surface area contributed by atoms with Gasteiger partial charge in [0.25, 0.3) is 10.2 Å². The number of hydrogen-bond acceptors (Lipinski definition) is 4. The first-order valence-electron chi connectivity index (χ1n) is 6.72. The van der Waals surface area contributed by atoms with Gasteiger partial charge < -0.3 is 0 Å². The van der Waals surface area contributed by atoms with Crippen molar-refractivity contribution >= 4 is 20.2 Å². The lowest BCUT2D eigenvalue weighted by Gasteiger charge is -2.31. The molecule has 9 heteroatoms. The van der Waals surface area contributed by atoms with Gasteiger partial charge in [-0.15, -0.1) is 0 Å². The van der Waals surface area contributed by atoms with Crippen molar-refractivity contribution in [3.63, 3.8) is 0 Å². The highest BCUT2D eigenvalue weighted by Gasteiger charge is 2.29. The molecule has 0 saturated carbocycles. The maximum Gasteiger partial charge on any atom is 0.282 e. The Labute approximate surface area is 133 Å². The Morgan fingerprint density at radius 3 is 1.73 bits per heavy atom. The van der Waals surface area contributed by atoms with Crippen LogP contribution in [-0.4, -0.2) is 45.6 Å². The van der Waals surface area contributed by atoms with Gasteiger partial charge in [-0.2, -0.15) is 17.0 Å². The molecule has 1 aromatic carbocycles. The average Bonchev–Trinajstić information content (AvgIpc) is 2.43. The van der Waals surface area contributed by atoms with E-state index in [-0.39, 0.29) is 10.9 Å². The topological polar surface area (TPSA) is 101 Å². The Bertz CT molecular complexity index is 712. The molecule has 0 aliphatic carbocycles. The SMILES string of the molecule is CC(C)N(C)S(=O)(=O)N(C)C(C)c1ccc(S(N)(=O)=O)cc1. The third-order valence-electron chi connectivity index (χ3n) is 3.69. The van der Waals surface area contributed by atoms with E-state index in [0.717, 1.165) is 0 Å². The first-order chi connectivity index (χ1) is 9.89. The summed E-state index contributed by atoms with van der Waals surface area (Å²) in [5.74, 6) is 0. The minimum absolute atomic E-state index is 0.00624. The van der Waals surface area contributed by atoms with E-state index in [2.05, 4.69) is 0 Å². The molecule has 0 amide bonds. The number of nitrogens with two attached hydrogens (primary N) is 1. The molecule has 0 aliphatic heterocycles. The zero-order chi connectivity index (χ0) is 17.3. The fourth-order valence-electron chi connectivity index (χ4n) is 1.82. The van der Waals surface area contributed by atoms with Gasteiger partial charge >= 0.3 is 0 Å². The van der Waals surface area contributed by atoms with E-state index in [1.807, 2.05) is 0 Å². The third-order valence-corrected chi connectivity index (χ3v) is 6.81. The number of nitrogens with zero attached hydrogens (tertiary/aromatic N) is 2. The van der Waals surface area contributed by atoms with E-state index in [1.165, 1.54) is 34.8 Å². The highest BCUT2D eigenvalue weighted by Crippen LogP contribution is 2.24. The molecule has 126 valence electrons. The number of sulfonamides is 1. The summed E-state index contributed by atoms with van der Waals surface area (Å²) in [6, 6.07) is 5.25. The summed E-state index contributed by atoms with van der Waals surface area (Å²) in [4.78, 5) is -0.00624. The number of hydrogen-bond donors (Lipinski definition) is 1. The van der Waals surface area contributed by atoms with Crippen LogP contribution >= 0.6 is 0 Å². The maximum absolute atomic E-state index is 12.4. The van der Waals surface area contributed by atoms with Crippen molar-refractivity contribution in [2.24, 2.45) is 5.14 Å². The first-order valence-corrected chi connectivity index (χ1v) is 9.67. The molecular weight excluding hydrogens is 326 g/mol. The van der Waals surface area contributed by atoms with Crippen molar-refractivity contribution in [3.8, 4) is 0 Å². The van der Waals surface area contributed by atoms with Gasteiger partial charge in [-0.1, -0.05) is 12.1 Å². The zero-order valence-electron chi connectivity index (χ0n) is 13.4. The standard InChI is InChI=1S/C13H23N3O4S2/c1-10(2)15(4)22(19,20)16(5)11(3)12-6-8-13(9-7-12)21(14,17)18/h6-11H,1-5H3,(H2,14,17,18). The molecule has 0 fully saturated rings. The quantitative estimate of drug-likeness (QED) is 0.825. The molecule has 0 heterocycles. The second kappa shape index (κ2) is 6.63. The van der Waals surface area contributed by atoms with Crippen LogP contribution in [0.2, 0.25) is 0 Å². The predicted molar refractivity (Wildman–Crippen MR) is 85.8 cm³/mol. The minimum Gasteiger partial charge on any atom is -0.225 e. The number of rotatable bonds is 6. The summed E-state index contributed by atoms with van der Waals surface area (Å²) in [5, 5.41) is 5.04. The van der Waals surface area contributed by atoms with E-state index in [4.69, 9.17) is 5.14 Å². The van der Waals surface area contributed by atoms with E-state index < -0.39 is 26.3 Å². The summed E-state index contributed by atoms with van der Waals surface area (Å²) in [6.07, 6.45) is 0. The number of benzene rings is 1. The van der Waals surface area contributed by atoms with E-state index in [9.17, 15) is 16.8 Å². The van der Waals surface area contributed by atoms with Crippen LogP contribution in [0.3, 0.4) is 0 Å². The van der Waals surface area contributed by atoms with Crippen molar-refractivity contribution < 1.29 is 16.8 Å². The van der Waals surface area contributed by atoms with Gasteiger partial charge in [-0.25, -0.2) is 13.6 Å². The van der Waals surface area contributed by atoms with Crippen molar-refractivity contribution in [1.29, 1.82) is 0 Å². The molecule has 22 heavy (non-hydrogen) atoms. The average molecular weight is 349 g/mol. The van der Waals surface area contributed by atoms with Crippen molar-refractivity contribution in [2.75, 3.05) is 14.1 Å². The van der Waals surface area contributed by atoms with Crippen LogP contribution < -0.4 is 5.14 Å². The Kier molecular flexibility index (Phi) is 5.74. The lowest BCUT2D eigenvalue weighted by atomic mass is 10.1. The van der Waals surface area contributed by atoms with Gasteiger partial charge in [0.15, 0.2) is 0 Å². The van der Waals surface area contributed by atoms with Gasteiger partial charge in [0.05, 0.1) is 4.90 Å². The Morgan fingerprint density at radius 2 is 1.36 bits per heavy atom. The van der Waals surface area contributed by atoms with Crippen molar-refractivity contribution in [2.45, 2.75) is 37.8 Å². The van der Waals surface area contributed by atoms with E-state index in [0.29, 0.717) is 5.56 Å². The van der Waals surface area contributed by atoms with E-state index >= 15 is 0 Å². The van der Waals surface area contributed by atoms with E-state index in [1.54, 1.807) is 32.9 Å². The largest absolute Gasteiger partial charge is 0.282 e. The first kappa shape index (κ1) is 19.0. The summed E-state index contributed by atoms with van der Waals surface area (Å²) in [7, 11) is -4.35. The Balaban J connectivity index is 3.08. The van der Waals surface area contributed by atoms with Crippen LogP contribution in [0.1, 0.15) is 32.4 Å². The second-order valence-electron chi connectivity index (χ2n) is 5.42. The molecule has 2 N–H and O–H groups in total. The van der Waals surface area contributed by atoms with Crippen LogP contribution in [0.5, 0.6) is 0 Å². The van der Waals surface area contributed by atoms with Gasteiger partial charge in [0, 0.05) is 26.2 Å². The zero-order valence-corrected chi connectivity index (χ0v) is 15.0.